The van der Waals surface area contributed by atoms with Crippen molar-refractivity contribution in [2.75, 3.05) is 0 Å². The topological polar surface area (TPSA) is 79.3 Å². The number of halogens is 1. The van der Waals surface area contributed by atoms with Crippen molar-refractivity contribution in [2.24, 2.45) is 0 Å². The molecule has 0 spiro atoms. The van der Waals surface area contributed by atoms with E-state index in [1.54, 1.807) is 0 Å². The first-order valence-corrected chi connectivity index (χ1v) is 4.50. The number of rotatable bonds is 3. The molecule has 0 aliphatic carbocycles. The highest BCUT2D eigenvalue weighted by atomic mass is 19.1. The fraction of sp³-hybridized carbons (Fsp3) is 0.300. The number of amides is 1. The average Bonchev–Trinajstić information content (AvgIpc) is 2.17. The van der Waals surface area contributed by atoms with E-state index in [0.29, 0.717) is 0 Å². The first kappa shape index (κ1) is 12.1. The summed E-state index contributed by atoms with van der Waals surface area (Å²) in [6.07, 6.45) is 0.901. The number of carboxylic acids is 1. The van der Waals surface area contributed by atoms with Crippen LogP contribution in [0.3, 0.4) is 0 Å². The summed E-state index contributed by atoms with van der Waals surface area (Å²) in [4.78, 5) is 25.7. The lowest BCUT2D eigenvalue weighted by Gasteiger charge is -2.24. The number of carboxylic acid groups (broad SMARTS) is 1. The molecule has 1 heterocycles. The first-order chi connectivity index (χ1) is 7.36. The van der Waals surface area contributed by atoms with Gasteiger partial charge in [-0.1, -0.05) is 0 Å². The Bertz CT molecular complexity index is 419. The molecule has 0 fully saturated rings. The summed E-state index contributed by atoms with van der Waals surface area (Å²) in [6, 6.07) is 2.31. The molecule has 0 radical (unpaired) electrons. The van der Waals surface area contributed by atoms with Crippen LogP contribution in [0.4, 0.5) is 4.39 Å². The van der Waals surface area contributed by atoms with E-state index < -0.39 is 23.2 Å². The Labute approximate surface area is 91.3 Å². The zero-order chi connectivity index (χ0) is 12.3. The van der Waals surface area contributed by atoms with Crippen LogP contribution in [0.5, 0.6) is 0 Å². The van der Waals surface area contributed by atoms with Gasteiger partial charge >= 0.3 is 5.97 Å². The van der Waals surface area contributed by atoms with Gasteiger partial charge in [0.2, 0.25) is 5.91 Å². The number of aromatic nitrogens is 1. The molecule has 1 amide bonds. The number of pyridine rings is 1. The van der Waals surface area contributed by atoms with Crippen molar-refractivity contribution in [2.45, 2.75) is 19.4 Å². The molecule has 16 heavy (non-hydrogen) atoms. The SMILES string of the molecule is CC(=O)NC(C)(C(=O)O)c1ccc(F)cn1. The van der Waals surface area contributed by atoms with Crippen molar-refractivity contribution in [3.05, 3.63) is 29.8 Å². The van der Waals surface area contributed by atoms with Crippen LogP contribution in [0.1, 0.15) is 19.5 Å². The zero-order valence-electron chi connectivity index (χ0n) is 8.82. The van der Waals surface area contributed by atoms with Crippen molar-refractivity contribution >= 4 is 11.9 Å². The zero-order valence-corrected chi connectivity index (χ0v) is 8.82. The molecule has 0 aliphatic heterocycles. The smallest absolute Gasteiger partial charge is 0.335 e. The summed E-state index contributed by atoms with van der Waals surface area (Å²) in [5, 5.41) is 11.3. The lowest BCUT2D eigenvalue weighted by Crippen LogP contribution is -2.49. The predicted octanol–water partition coefficient (Wildman–Crippen LogP) is 0.657. The second kappa shape index (κ2) is 4.26. The highest BCUT2D eigenvalue weighted by molar-refractivity contribution is 5.86. The fourth-order valence-electron chi connectivity index (χ4n) is 1.25. The molecular weight excluding hydrogens is 215 g/mol. The van der Waals surface area contributed by atoms with Gasteiger partial charge in [-0.3, -0.25) is 9.78 Å². The van der Waals surface area contributed by atoms with Crippen molar-refractivity contribution in [3.63, 3.8) is 0 Å². The highest BCUT2D eigenvalue weighted by Crippen LogP contribution is 2.18. The Morgan fingerprint density at radius 3 is 2.50 bits per heavy atom. The third kappa shape index (κ3) is 2.33. The Kier molecular flexibility index (Phi) is 3.22. The van der Waals surface area contributed by atoms with Crippen LogP contribution >= 0.6 is 0 Å². The molecule has 2 N–H and O–H groups in total. The maximum Gasteiger partial charge on any atom is 0.335 e. The van der Waals surface area contributed by atoms with E-state index in [9.17, 15) is 14.0 Å². The number of aliphatic carboxylic acids is 1. The summed E-state index contributed by atoms with van der Waals surface area (Å²) in [6.45, 7) is 2.49. The van der Waals surface area contributed by atoms with E-state index in [0.717, 1.165) is 12.3 Å². The van der Waals surface area contributed by atoms with Gasteiger partial charge in [-0.2, -0.15) is 0 Å². The Balaban J connectivity index is 3.16. The van der Waals surface area contributed by atoms with Crippen molar-refractivity contribution in [1.82, 2.24) is 10.3 Å². The molecule has 1 atom stereocenters. The van der Waals surface area contributed by atoms with Gasteiger partial charge in [0.15, 0.2) is 5.54 Å². The van der Waals surface area contributed by atoms with Crippen molar-refractivity contribution in [1.29, 1.82) is 0 Å². The van der Waals surface area contributed by atoms with Gasteiger partial charge in [0.25, 0.3) is 0 Å². The number of nitrogens with one attached hydrogen (secondary N) is 1. The third-order valence-electron chi connectivity index (χ3n) is 2.09. The van der Waals surface area contributed by atoms with Crippen LogP contribution in [0.2, 0.25) is 0 Å². The maximum atomic E-state index is 12.6. The highest BCUT2D eigenvalue weighted by Gasteiger charge is 2.37. The summed E-state index contributed by atoms with van der Waals surface area (Å²) >= 11 is 0. The number of carbonyl (C=O) groups is 2. The van der Waals surface area contributed by atoms with Gasteiger partial charge in [-0.15, -0.1) is 0 Å². The lowest BCUT2D eigenvalue weighted by atomic mass is 9.97. The van der Waals surface area contributed by atoms with Crippen LogP contribution in [-0.4, -0.2) is 22.0 Å². The molecule has 0 saturated carbocycles. The molecule has 1 aromatic rings. The Morgan fingerprint density at radius 2 is 2.12 bits per heavy atom. The molecule has 0 aromatic carbocycles. The lowest BCUT2D eigenvalue weighted by molar-refractivity contribution is -0.147. The molecule has 0 bridgehead atoms. The average molecular weight is 226 g/mol. The molecule has 1 aromatic heterocycles. The van der Waals surface area contributed by atoms with E-state index in [1.807, 2.05) is 0 Å². The van der Waals surface area contributed by atoms with Crippen LogP contribution in [0.15, 0.2) is 18.3 Å². The minimum atomic E-state index is -1.65. The summed E-state index contributed by atoms with van der Waals surface area (Å²) in [5.41, 5.74) is -1.59. The van der Waals surface area contributed by atoms with Crippen molar-refractivity contribution < 1.29 is 19.1 Å². The van der Waals surface area contributed by atoms with Gasteiger partial charge < -0.3 is 10.4 Å². The molecule has 6 heteroatoms. The number of hydrogen-bond donors (Lipinski definition) is 2. The van der Waals surface area contributed by atoms with E-state index in [2.05, 4.69) is 10.3 Å². The van der Waals surface area contributed by atoms with Gasteiger partial charge in [0, 0.05) is 6.92 Å². The van der Waals surface area contributed by atoms with Gasteiger partial charge in [0.05, 0.1) is 11.9 Å². The van der Waals surface area contributed by atoms with E-state index >= 15 is 0 Å². The molecule has 1 unspecified atom stereocenters. The van der Waals surface area contributed by atoms with E-state index in [-0.39, 0.29) is 5.69 Å². The third-order valence-corrected chi connectivity index (χ3v) is 2.09. The predicted molar refractivity (Wildman–Crippen MR) is 53.0 cm³/mol. The molecule has 0 aliphatic rings. The van der Waals surface area contributed by atoms with Crippen LogP contribution < -0.4 is 5.32 Å². The monoisotopic (exact) mass is 226 g/mol. The van der Waals surface area contributed by atoms with Crippen molar-refractivity contribution in [3.8, 4) is 0 Å². The van der Waals surface area contributed by atoms with Crippen LogP contribution in [0, 0.1) is 5.82 Å². The van der Waals surface area contributed by atoms with Crippen LogP contribution in [-0.2, 0) is 15.1 Å². The summed E-state index contributed by atoms with van der Waals surface area (Å²) in [7, 11) is 0. The molecular formula is C10H11FN2O3. The minimum absolute atomic E-state index is 0.0663. The number of nitrogens with zero attached hydrogens (tertiary/aromatic N) is 1. The quantitative estimate of drug-likeness (QED) is 0.793. The normalized spacial score (nSPS) is 13.9. The molecule has 86 valence electrons. The van der Waals surface area contributed by atoms with E-state index in [1.165, 1.54) is 19.9 Å². The first-order valence-electron chi connectivity index (χ1n) is 4.50. The van der Waals surface area contributed by atoms with Gasteiger partial charge in [-0.05, 0) is 19.1 Å². The standard InChI is InChI=1S/C10H11FN2O3/c1-6(14)13-10(2,9(15)16)8-4-3-7(11)5-12-8/h3-5H,1-2H3,(H,13,14)(H,15,16). The largest absolute Gasteiger partial charge is 0.479 e. The number of carbonyl (C=O) groups excluding carboxylic acids is 1. The number of hydrogen-bond acceptors (Lipinski definition) is 3. The fourth-order valence-corrected chi connectivity index (χ4v) is 1.25. The molecule has 5 nitrogen and oxygen atoms in total. The second-order valence-corrected chi connectivity index (χ2v) is 3.47. The second-order valence-electron chi connectivity index (χ2n) is 3.47. The Morgan fingerprint density at radius 1 is 1.50 bits per heavy atom. The molecule has 0 saturated heterocycles. The van der Waals surface area contributed by atoms with E-state index in [4.69, 9.17) is 5.11 Å². The van der Waals surface area contributed by atoms with Crippen LogP contribution in [0.25, 0.3) is 0 Å². The summed E-state index contributed by atoms with van der Waals surface area (Å²) in [5.74, 6) is -2.34. The summed E-state index contributed by atoms with van der Waals surface area (Å²) < 4.78 is 12.6. The molecule has 1 rings (SSSR count). The Hall–Kier alpha value is -1.98. The maximum absolute atomic E-state index is 12.6. The van der Waals surface area contributed by atoms with Gasteiger partial charge in [-0.25, -0.2) is 9.18 Å². The van der Waals surface area contributed by atoms with Gasteiger partial charge in [0.1, 0.15) is 5.82 Å². The minimum Gasteiger partial charge on any atom is -0.479 e.